The lowest BCUT2D eigenvalue weighted by atomic mass is 10.1. The number of halogens is 4. The van der Waals surface area contributed by atoms with Crippen LogP contribution in [0.15, 0.2) is 48.7 Å². The van der Waals surface area contributed by atoms with Gasteiger partial charge in [0.15, 0.2) is 0 Å². The number of amides is 1. The predicted octanol–water partition coefficient (Wildman–Crippen LogP) is 5.24. The molecule has 1 saturated heterocycles. The third-order valence-electron chi connectivity index (χ3n) is 5.20. The zero-order chi connectivity index (χ0) is 21.3. The number of hydrogen-bond acceptors (Lipinski definition) is 3. The van der Waals surface area contributed by atoms with Crippen LogP contribution in [0.4, 0.5) is 23.2 Å². The van der Waals surface area contributed by atoms with E-state index in [1.165, 1.54) is 36.5 Å². The van der Waals surface area contributed by atoms with E-state index in [0.717, 1.165) is 25.0 Å². The number of aromatic nitrogens is 1. The summed E-state index contributed by atoms with van der Waals surface area (Å²) in [5, 5.41) is 3.58. The van der Waals surface area contributed by atoms with Gasteiger partial charge in [-0.25, -0.2) is 4.39 Å². The van der Waals surface area contributed by atoms with Crippen LogP contribution in [0.1, 0.15) is 34.3 Å². The van der Waals surface area contributed by atoms with E-state index in [0.29, 0.717) is 40.8 Å². The number of benzene rings is 2. The van der Waals surface area contributed by atoms with Crippen molar-refractivity contribution in [2.75, 3.05) is 18.4 Å². The summed E-state index contributed by atoms with van der Waals surface area (Å²) in [6, 6.07) is 8.89. The Kier molecular flexibility index (Phi) is 5.32. The Bertz CT molecular complexity index is 1070. The fourth-order valence-electron chi connectivity index (χ4n) is 3.61. The van der Waals surface area contributed by atoms with E-state index in [1.807, 2.05) is 0 Å². The van der Waals surface area contributed by atoms with Gasteiger partial charge in [0.25, 0.3) is 5.91 Å². The molecule has 0 saturated carbocycles. The summed E-state index contributed by atoms with van der Waals surface area (Å²) in [6.07, 6.45) is -1.08. The average Bonchev–Trinajstić information content (AvgIpc) is 3.26. The zero-order valence-corrected chi connectivity index (χ0v) is 16.0. The predicted molar refractivity (Wildman–Crippen MR) is 106 cm³/mol. The lowest BCUT2D eigenvalue weighted by Gasteiger charge is -2.19. The second-order valence-electron chi connectivity index (χ2n) is 7.26. The van der Waals surface area contributed by atoms with E-state index in [4.69, 9.17) is 0 Å². The van der Waals surface area contributed by atoms with Crippen molar-refractivity contribution in [3.05, 3.63) is 71.2 Å². The zero-order valence-electron chi connectivity index (χ0n) is 16.0. The van der Waals surface area contributed by atoms with E-state index in [1.54, 1.807) is 4.90 Å². The first-order chi connectivity index (χ1) is 14.3. The van der Waals surface area contributed by atoms with Crippen LogP contribution in [0.3, 0.4) is 0 Å². The molecule has 0 aliphatic carbocycles. The third kappa shape index (κ3) is 4.08. The number of anilines is 1. The van der Waals surface area contributed by atoms with Gasteiger partial charge < -0.3 is 10.2 Å². The van der Waals surface area contributed by atoms with Crippen molar-refractivity contribution >= 4 is 22.5 Å². The Labute approximate surface area is 170 Å². The largest absolute Gasteiger partial charge is 0.416 e. The monoisotopic (exact) mass is 417 g/mol. The number of fused-ring (bicyclic) bond motifs is 1. The van der Waals surface area contributed by atoms with Crippen LogP contribution >= 0.6 is 0 Å². The maximum absolute atomic E-state index is 13.9. The molecule has 1 amide bonds. The molecule has 8 heteroatoms. The Morgan fingerprint density at radius 3 is 2.43 bits per heavy atom. The van der Waals surface area contributed by atoms with Crippen molar-refractivity contribution in [2.45, 2.75) is 25.6 Å². The fourth-order valence-corrected chi connectivity index (χ4v) is 3.61. The van der Waals surface area contributed by atoms with Crippen LogP contribution in [0.5, 0.6) is 0 Å². The minimum atomic E-state index is -4.40. The van der Waals surface area contributed by atoms with Gasteiger partial charge in [-0.05, 0) is 48.7 Å². The molecule has 2 aromatic carbocycles. The van der Waals surface area contributed by atoms with E-state index in [2.05, 4.69) is 10.3 Å². The number of nitrogens with zero attached hydrogens (tertiary/aromatic N) is 2. The molecule has 0 atom stereocenters. The van der Waals surface area contributed by atoms with E-state index in [-0.39, 0.29) is 12.5 Å². The maximum Gasteiger partial charge on any atom is 0.416 e. The molecule has 1 aromatic heterocycles. The van der Waals surface area contributed by atoms with Gasteiger partial charge in [-0.1, -0.05) is 12.1 Å². The second kappa shape index (κ2) is 7.93. The molecule has 1 aliphatic rings. The molecule has 0 unspecified atom stereocenters. The van der Waals surface area contributed by atoms with Crippen molar-refractivity contribution in [3.8, 4) is 0 Å². The molecule has 0 radical (unpaired) electrons. The summed E-state index contributed by atoms with van der Waals surface area (Å²) in [5.41, 5.74) is 1.14. The van der Waals surface area contributed by atoms with Gasteiger partial charge in [0.05, 0.1) is 22.3 Å². The van der Waals surface area contributed by atoms with Crippen molar-refractivity contribution < 1.29 is 22.4 Å². The Morgan fingerprint density at radius 1 is 1.07 bits per heavy atom. The SMILES string of the molecule is O=C(c1cnc2ccc(F)cc2c1NCc1ccc(C(F)(F)F)cc1)N1CCCC1. The number of pyridine rings is 1. The summed E-state index contributed by atoms with van der Waals surface area (Å²) in [4.78, 5) is 19.0. The molecule has 3 aromatic rings. The number of nitrogens with one attached hydrogen (secondary N) is 1. The number of rotatable bonds is 4. The van der Waals surface area contributed by atoms with Crippen molar-refractivity contribution in [1.82, 2.24) is 9.88 Å². The summed E-state index contributed by atoms with van der Waals surface area (Å²) >= 11 is 0. The molecule has 1 N–H and O–H groups in total. The molecule has 1 aliphatic heterocycles. The van der Waals surface area contributed by atoms with Crippen molar-refractivity contribution in [2.24, 2.45) is 0 Å². The highest BCUT2D eigenvalue weighted by Gasteiger charge is 2.30. The summed E-state index contributed by atoms with van der Waals surface area (Å²) < 4.78 is 52.2. The van der Waals surface area contributed by atoms with Crippen LogP contribution in [0.2, 0.25) is 0 Å². The number of alkyl halides is 3. The molecular weight excluding hydrogens is 398 g/mol. The standard InChI is InChI=1S/C22H19F4N3O/c23-16-7-8-19-17(11-16)20(18(13-27-19)21(30)29-9-1-2-10-29)28-12-14-3-5-15(6-4-14)22(24,25)26/h3-8,11,13H,1-2,9-10,12H2,(H,27,28). The fraction of sp³-hybridized carbons (Fsp3) is 0.273. The molecule has 2 heterocycles. The lowest BCUT2D eigenvalue weighted by molar-refractivity contribution is -0.137. The van der Waals surface area contributed by atoms with Crippen molar-refractivity contribution in [3.63, 3.8) is 0 Å². The van der Waals surface area contributed by atoms with Gasteiger partial charge in [-0.2, -0.15) is 13.2 Å². The maximum atomic E-state index is 13.9. The van der Waals surface area contributed by atoms with E-state index >= 15 is 0 Å². The quantitative estimate of drug-likeness (QED) is 0.591. The molecule has 1 fully saturated rings. The second-order valence-corrected chi connectivity index (χ2v) is 7.26. The molecule has 30 heavy (non-hydrogen) atoms. The number of likely N-dealkylation sites (tertiary alicyclic amines) is 1. The molecule has 4 rings (SSSR count). The minimum absolute atomic E-state index is 0.175. The highest BCUT2D eigenvalue weighted by Crippen LogP contribution is 2.31. The normalized spacial score (nSPS) is 14.3. The van der Waals surface area contributed by atoms with Gasteiger partial charge >= 0.3 is 6.18 Å². The first-order valence-electron chi connectivity index (χ1n) is 9.60. The Morgan fingerprint density at radius 2 is 1.77 bits per heavy atom. The van der Waals surface area contributed by atoms with Crippen LogP contribution in [-0.4, -0.2) is 28.9 Å². The van der Waals surface area contributed by atoms with Crippen LogP contribution < -0.4 is 5.32 Å². The highest BCUT2D eigenvalue weighted by molar-refractivity contribution is 6.07. The minimum Gasteiger partial charge on any atom is -0.380 e. The highest BCUT2D eigenvalue weighted by atomic mass is 19.4. The van der Waals surface area contributed by atoms with Crippen LogP contribution in [0, 0.1) is 5.82 Å². The Balaban J connectivity index is 1.67. The molecule has 0 bridgehead atoms. The first-order valence-corrected chi connectivity index (χ1v) is 9.60. The summed E-state index contributed by atoms with van der Waals surface area (Å²) in [7, 11) is 0. The lowest BCUT2D eigenvalue weighted by Crippen LogP contribution is -2.28. The Hall–Kier alpha value is -3.16. The molecule has 0 spiro atoms. The third-order valence-corrected chi connectivity index (χ3v) is 5.20. The van der Waals surface area contributed by atoms with Gasteiger partial charge in [0.2, 0.25) is 0 Å². The van der Waals surface area contributed by atoms with Gasteiger partial charge in [0, 0.05) is 31.2 Å². The number of carbonyl (C=O) groups is 1. The van der Waals surface area contributed by atoms with Crippen molar-refractivity contribution in [1.29, 1.82) is 0 Å². The van der Waals surface area contributed by atoms with Crippen LogP contribution in [0.25, 0.3) is 10.9 Å². The number of hydrogen-bond donors (Lipinski definition) is 1. The topological polar surface area (TPSA) is 45.2 Å². The molecule has 156 valence electrons. The van der Waals surface area contributed by atoms with Gasteiger partial charge in [-0.3, -0.25) is 9.78 Å². The van der Waals surface area contributed by atoms with E-state index in [9.17, 15) is 22.4 Å². The number of carbonyl (C=O) groups excluding carboxylic acids is 1. The summed E-state index contributed by atoms with van der Waals surface area (Å²) in [6.45, 7) is 1.48. The molecule has 4 nitrogen and oxygen atoms in total. The molecular formula is C22H19F4N3O. The summed E-state index contributed by atoms with van der Waals surface area (Å²) in [5.74, 6) is -0.659. The van der Waals surface area contributed by atoms with Gasteiger partial charge in [-0.15, -0.1) is 0 Å². The average molecular weight is 417 g/mol. The first kappa shape index (κ1) is 20.1. The van der Waals surface area contributed by atoms with E-state index < -0.39 is 17.6 Å². The smallest absolute Gasteiger partial charge is 0.380 e. The van der Waals surface area contributed by atoms with Crippen LogP contribution in [-0.2, 0) is 12.7 Å². The van der Waals surface area contributed by atoms with Gasteiger partial charge in [0.1, 0.15) is 5.82 Å².